The molecule has 0 heterocycles. The van der Waals surface area contributed by atoms with E-state index >= 15 is 0 Å². The van der Waals surface area contributed by atoms with Gasteiger partial charge in [-0.05, 0) is 24.7 Å². The van der Waals surface area contributed by atoms with Crippen LogP contribution in [0.5, 0.6) is 17.2 Å². The summed E-state index contributed by atoms with van der Waals surface area (Å²) in [4.78, 5) is 12.1. The Morgan fingerprint density at radius 2 is 1.65 bits per heavy atom. The summed E-state index contributed by atoms with van der Waals surface area (Å²) in [7, 11) is 0. The molecule has 4 heteroatoms. The van der Waals surface area contributed by atoms with Gasteiger partial charge in [0.15, 0.2) is 5.78 Å². The number of aromatic hydroxyl groups is 3. The Bertz CT molecular complexity index is 490. The number of Topliss-reactive ketones (excluding diaryl/α,β-unsaturated/α-hetero) is 1. The quantitative estimate of drug-likeness (QED) is 0.695. The summed E-state index contributed by atoms with van der Waals surface area (Å²) in [5.74, 6) is -0.568. The van der Waals surface area contributed by atoms with Gasteiger partial charge in [0.1, 0.15) is 22.8 Å². The molecule has 0 aromatic heterocycles. The molecule has 0 bridgehead atoms. The first-order chi connectivity index (χ1) is 9.23. The largest absolute Gasteiger partial charge is 0.507 e. The van der Waals surface area contributed by atoms with Crippen molar-refractivity contribution in [3.05, 3.63) is 17.2 Å². The molecule has 0 amide bonds. The van der Waals surface area contributed by atoms with Crippen LogP contribution in [0.1, 0.15) is 56.5 Å². The average molecular weight is 280 g/mol. The standard InChI is InChI=1S/C16H24O4/c1-9(2)5-6-11-12(17)8-14(19)15(16(11)20)13(18)7-10(3)4/h8-10,17,19-20H,5-7H2,1-4H3. The number of carbonyl (C=O) groups is 1. The molecule has 112 valence electrons. The highest BCUT2D eigenvalue weighted by Crippen LogP contribution is 2.39. The lowest BCUT2D eigenvalue weighted by molar-refractivity contribution is 0.0962. The number of ketones is 1. The molecule has 0 fully saturated rings. The third-order valence-corrected chi connectivity index (χ3v) is 3.21. The van der Waals surface area contributed by atoms with Crippen molar-refractivity contribution in [2.45, 2.75) is 47.0 Å². The molecule has 0 saturated heterocycles. The van der Waals surface area contributed by atoms with Gasteiger partial charge >= 0.3 is 0 Å². The number of phenols is 3. The zero-order valence-electron chi connectivity index (χ0n) is 12.6. The lowest BCUT2D eigenvalue weighted by Crippen LogP contribution is -2.06. The van der Waals surface area contributed by atoms with Crippen LogP contribution in [0.15, 0.2) is 6.07 Å². The van der Waals surface area contributed by atoms with Gasteiger partial charge in [-0.15, -0.1) is 0 Å². The Morgan fingerprint density at radius 3 is 2.15 bits per heavy atom. The third kappa shape index (κ3) is 3.89. The number of rotatable bonds is 6. The van der Waals surface area contributed by atoms with E-state index in [1.54, 1.807) is 0 Å². The lowest BCUT2D eigenvalue weighted by atomic mass is 9.94. The van der Waals surface area contributed by atoms with Gasteiger partial charge < -0.3 is 15.3 Å². The molecular formula is C16H24O4. The molecule has 0 aliphatic carbocycles. The highest BCUT2D eigenvalue weighted by atomic mass is 16.3. The Hall–Kier alpha value is -1.71. The monoisotopic (exact) mass is 280 g/mol. The highest BCUT2D eigenvalue weighted by Gasteiger charge is 2.23. The van der Waals surface area contributed by atoms with Crippen molar-refractivity contribution in [2.75, 3.05) is 0 Å². The first kappa shape index (κ1) is 16.3. The molecule has 20 heavy (non-hydrogen) atoms. The molecule has 0 atom stereocenters. The zero-order chi connectivity index (χ0) is 15.4. The predicted molar refractivity (Wildman–Crippen MR) is 78.4 cm³/mol. The van der Waals surface area contributed by atoms with Crippen LogP contribution in [0.25, 0.3) is 0 Å². The maximum absolute atomic E-state index is 12.1. The number of carbonyl (C=O) groups excluding carboxylic acids is 1. The maximum atomic E-state index is 12.1. The molecule has 1 aromatic rings. The normalized spacial score (nSPS) is 11.3. The fourth-order valence-electron chi connectivity index (χ4n) is 2.11. The second-order valence-electron chi connectivity index (χ2n) is 6.07. The van der Waals surface area contributed by atoms with E-state index in [1.807, 2.05) is 27.7 Å². The first-order valence-corrected chi connectivity index (χ1v) is 7.04. The molecule has 1 aromatic carbocycles. The van der Waals surface area contributed by atoms with E-state index in [4.69, 9.17) is 0 Å². The van der Waals surface area contributed by atoms with Crippen LogP contribution in [-0.4, -0.2) is 21.1 Å². The summed E-state index contributed by atoms with van der Waals surface area (Å²) >= 11 is 0. The molecule has 0 saturated carbocycles. The van der Waals surface area contributed by atoms with Gasteiger partial charge in [-0.25, -0.2) is 0 Å². The van der Waals surface area contributed by atoms with E-state index in [0.29, 0.717) is 17.9 Å². The predicted octanol–water partition coefficient (Wildman–Crippen LogP) is 3.62. The van der Waals surface area contributed by atoms with Crippen LogP contribution in [0.4, 0.5) is 0 Å². The number of hydrogen-bond acceptors (Lipinski definition) is 4. The molecule has 0 aliphatic heterocycles. The Kier molecular flexibility index (Phi) is 5.43. The maximum Gasteiger partial charge on any atom is 0.170 e. The van der Waals surface area contributed by atoms with Crippen LogP contribution < -0.4 is 0 Å². The van der Waals surface area contributed by atoms with Crippen molar-refractivity contribution in [3.63, 3.8) is 0 Å². The highest BCUT2D eigenvalue weighted by molar-refractivity contribution is 6.02. The van der Waals surface area contributed by atoms with Crippen LogP contribution in [0.2, 0.25) is 0 Å². The minimum atomic E-state index is -0.362. The molecule has 0 radical (unpaired) electrons. The second-order valence-corrected chi connectivity index (χ2v) is 6.07. The molecule has 1 rings (SSSR count). The van der Waals surface area contributed by atoms with E-state index < -0.39 is 0 Å². The molecule has 0 spiro atoms. The van der Waals surface area contributed by atoms with Crippen molar-refractivity contribution >= 4 is 5.78 Å². The first-order valence-electron chi connectivity index (χ1n) is 7.04. The van der Waals surface area contributed by atoms with E-state index in [1.165, 1.54) is 0 Å². The van der Waals surface area contributed by atoms with Crippen molar-refractivity contribution < 1.29 is 20.1 Å². The van der Waals surface area contributed by atoms with E-state index in [2.05, 4.69) is 0 Å². The molecular weight excluding hydrogens is 256 g/mol. The summed E-state index contributed by atoms with van der Waals surface area (Å²) in [6, 6.07) is 1.14. The Balaban J connectivity index is 3.18. The molecule has 3 N–H and O–H groups in total. The van der Waals surface area contributed by atoms with E-state index in [0.717, 1.165) is 12.5 Å². The lowest BCUT2D eigenvalue weighted by Gasteiger charge is -2.14. The van der Waals surface area contributed by atoms with E-state index in [-0.39, 0.29) is 40.9 Å². The fraction of sp³-hybridized carbons (Fsp3) is 0.562. The summed E-state index contributed by atoms with van der Waals surface area (Å²) in [5, 5.41) is 29.9. The van der Waals surface area contributed by atoms with Gasteiger partial charge in [-0.3, -0.25) is 4.79 Å². The van der Waals surface area contributed by atoms with E-state index in [9.17, 15) is 20.1 Å². The average Bonchev–Trinajstić information content (AvgIpc) is 2.26. The van der Waals surface area contributed by atoms with Crippen LogP contribution >= 0.6 is 0 Å². The Labute approximate surface area is 120 Å². The van der Waals surface area contributed by atoms with Crippen LogP contribution in [0, 0.1) is 11.8 Å². The molecule has 4 nitrogen and oxygen atoms in total. The minimum absolute atomic E-state index is 0.0738. The molecule has 0 aliphatic rings. The fourth-order valence-corrected chi connectivity index (χ4v) is 2.11. The molecule has 0 unspecified atom stereocenters. The third-order valence-electron chi connectivity index (χ3n) is 3.21. The summed E-state index contributed by atoms with van der Waals surface area (Å²) < 4.78 is 0. The zero-order valence-corrected chi connectivity index (χ0v) is 12.6. The van der Waals surface area contributed by atoms with Gasteiger partial charge in [0.05, 0.1) is 0 Å². The summed E-state index contributed by atoms with van der Waals surface area (Å²) in [6.45, 7) is 7.87. The smallest absolute Gasteiger partial charge is 0.170 e. The van der Waals surface area contributed by atoms with Gasteiger partial charge in [0.25, 0.3) is 0 Å². The summed E-state index contributed by atoms with van der Waals surface area (Å²) in [5.41, 5.74) is 0.263. The van der Waals surface area contributed by atoms with Crippen molar-refractivity contribution in [2.24, 2.45) is 11.8 Å². The minimum Gasteiger partial charge on any atom is -0.507 e. The Morgan fingerprint density at radius 1 is 1.05 bits per heavy atom. The van der Waals surface area contributed by atoms with Gasteiger partial charge in [0.2, 0.25) is 0 Å². The van der Waals surface area contributed by atoms with Gasteiger partial charge in [-0.2, -0.15) is 0 Å². The second kappa shape index (κ2) is 6.64. The van der Waals surface area contributed by atoms with Crippen molar-refractivity contribution in [1.82, 2.24) is 0 Å². The van der Waals surface area contributed by atoms with Crippen molar-refractivity contribution in [1.29, 1.82) is 0 Å². The number of phenolic OH excluding ortho intramolecular Hbond substituents is 3. The van der Waals surface area contributed by atoms with Crippen molar-refractivity contribution in [3.8, 4) is 17.2 Å². The van der Waals surface area contributed by atoms with Gasteiger partial charge in [0, 0.05) is 18.1 Å². The van der Waals surface area contributed by atoms with Crippen LogP contribution in [-0.2, 0) is 6.42 Å². The summed E-state index contributed by atoms with van der Waals surface area (Å²) in [6.07, 6.45) is 1.50. The van der Waals surface area contributed by atoms with Crippen LogP contribution in [0.3, 0.4) is 0 Å². The SMILES string of the molecule is CC(C)CCc1c(O)cc(O)c(C(=O)CC(C)C)c1O. The topological polar surface area (TPSA) is 77.8 Å². The number of benzene rings is 1. The number of hydrogen-bond donors (Lipinski definition) is 3. The van der Waals surface area contributed by atoms with Gasteiger partial charge in [-0.1, -0.05) is 27.7 Å².